The smallest absolute Gasteiger partial charge is 0.0755 e. The predicted octanol–water partition coefficient (Wildman–Crippen LogP) is 16.9. The average Bonchev–Trinajstić information content (AvgIpc) is 3.93. The number of para-hydroxylation sites is 3. The van der Waals surface area contributed by atoms with Gasteiger partial charge in [-0.2, -0.15) is 0 Å². The van der Waals surface area contributed by atoms with E-state index in [1.54, 1.807) is 0 Å². The molecule has 322 valence electrons. The van der Waals surface area contributed by atoms with Gasteiger partial charge in [0.15, 0.2) is 0 Å². The molecule has 14 rings (SSSR count). The minimum absolute atomic E-state index is 0.172. The molecule has 0 amide bonds. The van der Waals surface area contributed by atoms with Gasteiger partial charge in [0.2, 0.25) is 0 Å². The van der Waals surface area contributed by atoms with E-state index < -0.39 is 5.41 Å². The van der Waals surface area contributed by atoms with Gasteiger partial charge in [0, 0.05) is 33.5 Å². The molecule has 4 aliphatic rings. The van der Waals surface area contributed by atoms with Crippen molar-refractivity contribution in [3.8, 4) is 33.4 Å². The highest BCUT2D eigenvalue weighted by Gasteiger charge is 2.53. The molecular formula is C66H48N2. The highest BCUT2D eigenvalue weighted by Crippen LogP contribution is 2.66. The SMILES string of the molecule is CC1(C)c2ccccc2-c2ccc(N(c3ccc4c(c3)C(C)(c3ccccc3)c3ccccc3-4)c3cccc4c3-c3ccccc3C43c4ccccc4N(c4ccccc4)c4ccccc43)cc21. The van der Waals surface area contributed by atoms with Gasteiger partial charge in [-0.05, 0) is 139 Å². The van der Waals surface area contributed by atoms with Crippen molar-refractivity contribution in [2.45, 2.75) is 37.0 Å². The highest BCUT2D eigenvalue weighted by molar-refractivity contribution is 6.02. The van der Waals surface area contributed by atoms with Crippen LogP contribution >= 0.6 is 0 Å². The van der Waals surface area contributed by atoms with Crippen molar-refractivity contribution in [1.29, 1.82) is 0 Å². The second kappa shape index (κ2) is 14.2. The Morgan fingerprint density at radius 2 is 0.809 bits per heavy atom. The Labute approximate surface area is 399 Å². The Morgan fingerprint density at radius 3 is 1.47 bits per heavy atom. The summed E-state index contributed by atoms with van der Waals surface area (Å²) in [5.41, 5.74) is 25.5. The second-order valence-electron chi connectivity index (χ2n) is 19.7. The summed E-state index contributed by atoms with van der Waals surface area (Å²) in [6, 6.07) is 89.0. The van der Waals surface area contributed by atoms with E-state index in [-0.39, 0.29) is 10.8 Å². The van der Waals surface area contributed by atoms with Crippen molar-refractivity contribution in [2.75, 3.05) is 9.80 Å². The number of benzene rings is 10. The molecule has 0 saturated heterocycles. The minimum atomic E-state index is -0.584. The van der Waals surface area contributed by atoms with E-state index in [1.165, 1.54) is 94.8 Å². The second-order valence-corrected chi connectivity index (χ2v) is 19.7. The molecule has 0 bridgehead atoms. The number of hydrogen-bond donors (Lipinski definition) is 0. The predicted molar refractivity (Wildman–Crippen MR) is 282 cm³/mol. The summed E-state index contributed by atoms with van der Waals surface area (Å²) < 4.78 is 0. The van der Waals surface area contributed by atoms with Crippen LogP contribution in [0.4, 0.5) is 34.1 Å². The van der Waals surface area contributed by atoms with Gasteiger partial charge in [-0.3, -0.25) is 0 Å². The van der Waals surface area contributed by atoms with Crippen molar-refractivity contribution < 1.29 is 0 Å². The molecule has 1 heterocycles. The first-order chi connectivity index (χ1) is 33.4. The van der Waals surface area contributed by atoms with Crippen LogP contribution in [0.3, 0.4) is 0 Å². The Balaban J connectivity index is 1.06. The third-order valence-corrected chi connectivity index (χ3v) is 16.1. The van der Waals surface area contributed by atoms with E-state index in [2.05, 4.69) is 267 Å². The molecule has 0 N–H and O–H groups in total. The zero-order chi connectivity index (χ0) is 45.4. The lowest BCUT2D eigenvalue weighted by atomic mass is 9.64. The van der Waals surface area contributed by atoms with E-state index in [9.17, 15) is 0 Å². The average molecular weight is 869 g/mol. The maximum atomic E-state index is 2.58. The van der Waals surface area contributed by atoms with Gasteiger partial charge in [-0.15, -0.1) is 0 Å². The van der Waals surface area contributed by atoms with Crippen molar-refractivity contribution in [3.63, 3.8) is 0 Å². The van der Waals surface area contributed by atoms with Crippen LogP contribution in [-0.4, -0.2) is 0 Å². The maximum Gasteiger partial charge on any atom is 0.0755 e. The van der Waals surface area contributed by atoms with Crippen LogP contribution in [0.15, 0.2) is 237 Å². The quantitative estimate of drug-likeness (QED) is 0.170. The Kier molecular flexibility index (Phi) is 8.12. The van der Waals surface area contributed by atoms with Crippen LogP contribution in [0.5, 0.6) is 0 Å². The van der Waals surface area contributed by atoms with Crippen molar-refractivity contribution in [3.05, 3.63) is 287 Å². The van der Waals surface area contributed by atoms with E-state index >= 15 is 0 Å². The standard InChI is InChI=1S/C66H48N2/c1-64(2)52-28-13-10-25-47(52)49-39-37-45(41-58(49)64)67(46-38-40-50-48-26-11-14-29-53(48)65(3,59(50)42-46)43-21-6-4-7-22-43)62-36-20-33-57-63(62)51-27-12-15-30-54(51)66(57)55-31-16-18-34-60(55)68(44-23-8-5-9-24-44)61-35-19-17-32-56(61)66/h4-42H,1-3H3. The number of nitrogens with zero attached hydrogens (tertiary/aromatic N) is 2. The number of anilines is 6. The molecule has 2 nitrogen and oxygen atoms in total. The summed E-state index contributed by atoms with van der Waals surface area (Å²) in [6.07, 6.45) is 0. The highest BCUT2D eigenvalue weighted by atomic mass is 15.2. The summed E-state index contributed by atoms with van der Waals surface area (Å²) >= 11 is 0. The first-order valence-corrected chi connectivity index (χ1v) is 24.0. The van der Waals surface area contributed by atoms with E-state index in [0.29, 0.717) is 0 Å². The third-order valence-electron chi connectivity index (χ3n) is 16.1. The minimum Gasteiger partial charge on any atom is -0.310 e. The molecule has 3 aliphatic carbocycles. The van der Waals surface area contributed by atoms with Crippen molar-refractivity contribution >= 4 is 34.1 Å². The molecule has 0 saturated carbocycles. The fraction of sp³-hybridized carbons (Fsp3) is 0.0909. The van der Waals surface area contributed by atoms with Gasteiger partial charge in [0.25, 0.3) is 0 Å². The monoisotopic (exact) mass is 868 g/mol. The van der Waals surface area contributed by atoms with Gasteiger partial charge >= 0.3 is 0 Å². The van der Waals surface area contributed by atoms with Crippen LogP contribution in [0.25, 0.3) is 33.4 Å². The Bertz CT molecular complexity index is 3650. The van der Waals surface area contributed by atoms with Crippen LogP contribution in [0.2, 0.25) is 0 Å². The van der Waals surface area contributed by atoms with Crippen LogP contribution < -0.4 is 9.80 Å². The maximum absolute atomic E-state index is 2.58. The zero-order valence-corrected chi connectivity index (χ0v) is 38.4. The molecule has 0 fully saturated rings. The molecule has 1 unspecified atom stereocenters. The Morgan fingerprint density at radius 1 is 0.338 bits per heavy atom. The lowest BCUT2D eigenvalue weighted by Crippen LogP contribution is -2.36. The lowest BCUT2D eigenvalue weighted by molar-refractivity contribution is 0.660. The summed E-state index contributed by atoms with van der Waals surface area (Å²) in [7, 11) is 0. The lowest BCUT2D eigenvalue weighted by Gasteiger charge is -2.45. The van der Waals surface area contributed by atoms with E-state index in [4.69, 9.17) is 0 Å². The zero-order valence-electron chi connectivity index (χ0n) is 38.4. The van der Waals surface area contributed by atoms with Gasteiger partial charge in [0.1, 0.15) is 0 Å². The number of hydrogen-bond acceptors (Lipinski definition) is 2. The van der Waals surface area contributed by atoms with Gasteiger partial charge in [-0.25, -0.2) is 0 Å². The summed E-state index contributed by atoms with van der Waals surface area (Å²) in [5.74, 6) is 0. The molecule has 68 heavy (non-hydrogen) atoms. The summed E-state index contributed by atoms with van der Waals surface area (Å²) in [6.45, 7) is 7.20. The molecule has 10 aromatic carbocycles. The number of fused-ring (bicyclic) bond motifs is 15. The van der Waals surface area contributed by atoms with Gasteiger partial charge in [0.05, 0.1) is 22.5 Å². The van der Waals surface area contributed by atoms with Gasteiger partial charge < -0.3 is 9.80 Å². The van der Waals surface area contributed by atoms with Crippen molar-refractivity contribution in [2.24, 2.45) is 0 Å². The number of rotatable bonds is 5. The fourth-order valence-electron chi connectivity index (χ4n) is 13.1. The van der Waals surface area contributed by atoms with E-state index in [1.807, 2.05) is 0 Å². The normalized spacial score (nSPS) is 16.7. The topological polar surface area (TPSA) is 6.48 Å². The fourth-order valence-corrected chi connectivity index (χ4v) is 13.1. The molecule has 1 atom stereocenters. The molecule has 0 aromatic heterocycles. The van der Waals surface area contributed by atoms with Gasteiger partial charge in [-0.1, -0.05) is 196 Å². The Hall–Kier alpha value is -8.20. The molecule has 10 aromatic rings. The summed E-state index contributed by atoms with van der Waals surface area (Å²) in [4.78, 5) is 5.04. The van der Waals surface area contributed by atoms with Crippen LogP contribution in [-0.2, 0) is 16.2 Å². The first-order valence-electron chi connectivity index (χ1n) is 24.0. The van der Waals surface area contributed by atoms with Crippen molar-refractivity contribution in [1.82, 2.24) is 0 Å². The molecule has 1 aliphatic heterocycles. The molecular weight excluding hydrogens is 821 g/mol. The third kappa shape index (κ3) is 5.02. The largest absolute Gasteiger partial charge is 0.310 e. The molecule has 0 radical (unpaired) electrons. The van der Waals surface area contributed by atoms with E-state index in [0.717, 1.165) is 22.7 Å². The van der Waals surface area contributed by atoms with Crippen LogP contribution in [0.1, 0.15) is 70.8 Å². The van der Waals surface area contributed by atoms with Crippen LogP contribution in [0, 0.1) is 0 Å². The summed E-state index contributed by atoms with van der Waals surface area (Å²) in [5, 5.41) is 0. The first kappa shape index (κ1) is 39.0. The molecule has 1 spiro atoms. The molecule has 2 heteroatoms.